The van der Waals surface area contributed by atoms with Crippen LogP contribution in [0.4, 0.5) is 0 Å². The lowest BCUT2D eigenvalue weighted by atomic mass is 10.2. The highest BCUT2D eigenvalue weighted by atomic mass is 16.3. The maximum Gasteiger partial charge on any atom is 0.0946 e. The van der Waals surface area contributed by atoms with Gasteiger partial charge in [0.1, 0.15) is 0 Å². The number of aromatic nitrogens is 2. The molecule has 0 bridgehead atoms. The maximum atomic E-state index is 9.68. The molecule has 1 saturated carbocycles. The van der Waals surface area contributed by atoms with E-state index in [2.05, 4.69) is 21.8 Å². The number of aliphatic hydroxyl groups excluding tert-OH is 1. The lowest BCUT2D eigenvalue weighted by Gasteiger charge is -2.22. The van der Waals surface area contributed by atoms with Crippen molar-refractivity contribution in [1.29, 1.82) is 0 Å². The summed E-state index contributed by atoms with van der Waals surface area (Å²) in [6.07, 6.45) is 8.58. The molecule has 0 amide bonds. The van der Waals surface area contributed by atoms with Crippen LogP contribution in [0.1, 0.15) is 26.2 Å². The van der Waals surface area contributed by atoms with Crippen LogP contribution in [-0.2, 0) is 6.54 Å². The molecule has 15 heavy (non-hydrogen) atoms. The second-order valence-electron chi connectivity index (χ2n) is 4.43. The molecule has 4 nitrogen and oxygen atoms in total. The smallest absolute Gasteiger partial charge is 0.0946 e. The van der Waals surface area contributed by atoms with Crippen LogP contribution in [0.3, 0.4) is 0 Å². The molecule has 0 aliphatic heterocycles. The second kappa shape index (κ2) is 4.77. The predicted octanol–water partition coefficient (Wildman–Crippen LogP) is 0.775. The monoisotopic (exact) mass is 209 g/mol. The molecule has 1 aliphatic carbocycles. The standard InChI is InChI=1S/C11H19N3O/c1-9(7-14-6-5-12-8-14)13-10-3-2-4-11(10)15/h5-6,8-11,13,15H,2-4,7H2,1H3/t9?,10-,11-/m1/s1. The molecule has 0 saturated heterocycles. The van der Waals surface area contributed by atoms with Crippen molar-refractivity contribution in [2.45, 2.75) is 50.9 Å². The topological polar surface area (TPSA) is 50.1 Å². The number of rotatable bonds is 4. The van der Waals surface area contributed by atoms with E-state index < -0.39 is 0 Å². The molecule has 1 aromatic heterocycles. The Balaban J connectivity index is 1.79. The normalized spacial score (nSPS) is 28.1. The number of aliphatic hydroxyl groups is 1. The van der Waals surface area contributed by atoms with Gasteiger partial charge >= 0.3 is 0 Å². The molecule has 1 unspecified atom stereocenters. The van der Waals surface area contributed by atoms with Gasteiger partial charge in [-0.2, -0.15) is 0 Å². The maximum absolute atomic E-state index is 9.68. The number of imidazole rings is 1. The molecule has 1 fully saturated rings. The van der Waals surface area contributed by atoms with E-state index in [9.17, 15) is 5.11 Å². The van der Waals surface area contributed by atoms with Gasteiger partial charge in [0.25, 0.3) is 0 Å². The zero-order valence-electron chi connectivity index (χ0n) is 9.13. The first kappa shape index (κ1) is 10.6. The minimum Gasteiger partial charge on any atom is -0.392 e. The fourth-order valence-corrected chi connectivity index (χ4v) is 2.26. The summed E-state index contributed by atoms with van der Waals surface area (Å²) in [4.78, 5) is 4.01. The number of nitrogens with one attached hydrogen (secondary N) is 1. The molecule has 1 heterocycles. The third-order valence-electron chi connectivity index (χ3n) is 3.02. The molecule has 2 N–H and O–H groups in total. The van der Waals surface area contributed by atoms with Crippen molar-refractivity contribution in [3.05, 3.63) is 18.7 Å². The van der Waals surface area contributed by atoms with Crippen LogP contribution >= 0.6 is 0 Å². The van der Waals surface area contributed by atoms with Crippen molar-refractivity contribution >= 4 is 0 Å². The van der Waals surface area contributed by atoms with Crippen molar-refractivity contribution in [2.75, 3.05) is 0 Å². The fraction of sp³-hybridized carbons (Fsp3) is 0.727. The molecule has 2 rings (SSSR count). The van der Waals surface area contributed by atoms with Crippen LogP contribution in [0.25, 0.3) is 0 Å². The third-order valence-corrected chi connectivity index (χ3v) is 3.02. The van der Waals surface area contributed by atoms with E-state index in [1.807, 2.05) is 12.5 Å². The van der Waals surface area contributed by atoms with Crippen LogP contribution in [0, 0.1) is 0 Å². The number of hydrogen-bond acceptors (Lipinski definition) is 3. The third kappa shape index (κ3) is 2.79. The van der Waals surface area contributed by atoms with E-state index in [1.54, 1.807) is 6.20 Å². The Bertz CT molecular complexity index is 286. The summed E-state index contributed by atoms with van der Waals surface area (Å²) < 4.78 is 2.05. The van der Waals surface area contributed by atoms with Crippen molar-refractivity contribution in [3.8, 4) is 0 Å². The van der Waals surface area contributed by atoms with Gasteiger partial charge in [-0.05, 0) is 26.2 Å². The number of nitrogens with zero attached hydrogens (tertiary/aromatic N) is 2. The molecule has 0 spiro atoms. The first-order valence-electron chi connectivity index (χ1n) is 5.65. The molecular weight excluding hydrogens is 190 g/mol. The minimum atomic E-state index is -0.157. The average Bonchev–Trinajstić information content (AvgIpc) is 2.79. The Morgan fingerprint density at radius 1 is 1.60 bits per heavy atom. The van der Waals surface area contributed by atoms with Crippen LogP contribution in [0.2, 0.25) is 0 Å². The Labute approximate surface area is 90.3 Å². The number of hydrogen-bond donors (Lipinski definition) is 2. The Kier molecular flexibility index (Phi) is 3.38. The zero-order valence-corrected chi connectivity index (χ0v) is 9.13. The molecular formula is C11H19N3O. The molecule has 1 aromatic rings. The molecule has 1 aliphatic rings. The van der Waals surface area contributed by atoms with Gasteiger partial charge in [0, 0.05) is 31.0 Å². The van der Waals surface area contributed by atoms with E-state index in [4.69, 9.17) is 0 Å². The van der Waals surface area contributed by atoms with Crippen molar-refractivity contribution in [2.24, 2.45) is 0 Å². The van der Waals surface area contributed by atoms with Gasteiger partial charge in [0.05, 0.1) is 12.4 Å². The van der Waals surface area contributed by atoms with E-state index >= 15 is 0 Å². The van der Waals surface area contributed by atoms with Gasteiger partial charge in [0.2, 0.25) is 0 Å². The van der Waals surface area contributed by atoms with Gasteiger partial charge in [-0.25, -0.2) is 4.98 Å². The quantitative estimate of drug-likeness (QED) is 0.770. The largest absolute Gasteiger partial charge is 0.392 e. The van der Waals surface area contributed by atoms with Gasteiger partial charge in [-0.15, -0.1) is 0 Å². The van der Waals surface area contributed by atoms with E-state index in [0.717, 1.165) is 25.8 Å². The lowest BCUT2D eigenvalue weighted by molar-refractivity contribution is 0.142. The molecule has 0 radical (unpaired) electrons. The SMILES string of the molecule is CC(Cn1ccnc1)N[C@@H]1CCC[C@H]1O. The molecule has 84 valence electrons. The van der Waals surface area contributed by atoms with Gasteiger partial charge in [-0.3, -0.25) is 0 Å². The average molecular weight is 209 g/mol. The van der Waals surface area contributed by atoms with Crippen LogP contribution in [0.15, 0.2) is 18.7 Å². The summed E-state index contributed by atoms with van der Waals surface area (Å²) in [5, 5.41) is 13.2. The minimum absolute atomic E-state index is 0.157. The van der Waals surface area contributed by atoms with Gasteiger partial charge < -0.3 is 15.0 Å². The van der Waals surface area contributed by atoms with Gasteiger partial charge in [-0.1, -0.05) is 0 Å². The Morgan fingerprint density at radius 2 is 2.47 bits per heavy atom. The second-order valence-corrected chi connectivity index (χ2v) is 4.43. The predicted molar refractivity (Wildman–Crippen MR) is 58.5 cm³/mol. The highest BCUT2D eigenvalue weighted by Crippen LogP contribution is 2.19. The summed E-state index contributed by atoms with van der Waals surface area (Å²) in [6.45, 7) is 3.05. The summed E-state index contributed by atoms with van der Waals surface area (Å²) in [6, 6.07) is 0.653. The van der Waals surface area contributed by atoms with Crippen molar-refractivity contribution in [3.63, 3.8) is 0 Å². The highest BCUT2D eigenvalue weighted by Gasteiger charge is 2.25. The highest BCUT2D eigenvalue weighted by molar-refractivity contribution is 4.85. The summed E-state index contributed by atoms with van der Waals surface area (Å²) in [7, 11) is 0. The Hall–Kier alpha value is -0.870. The van der Waals surface area contributed by atoms with Crippen LogP contribution in [-0.4, -0.2) is 32.8 Å². The first-order chi connectivity index (χ1) is 7.25. The Morgan fingerprint density at radius 3 is 3.07 bits per heavy atom. The molecule has 0 aromatic carbocycles. The molecule has 3 atom stereocenters. The van der Waals surface area contributed by atoms with E-state index in [0.29, 0.717) is 6.04 Å². The summed E-state index contributed by atoms with van der Waals surface area (Å²) in [5.41, 5.74) is 0. The van der Waals surface area contributed by atoms with E-state index in [-0.39, 0.29) is 12.1 Å². The fourth-order valence-electron chi connectivity index (χ4n) is 2.26. The first-order valence-corrected chi connectivity index (χ1v) is 5.65. The van der Waals surface area contributed by atoms with E-state index in [1.165, 1.54) is 0 Å². The van der Waals surface area contributed by atoms with Crippen molar-refractivity contribution in [1.82, 2.24) is 14.9 Å². The lowest BCUT2D eigenvalue weighted by Crippen LogP contribution is -2.42. The van der Waals surface area contributed by atoms with Crippen LogP contribution in [0.5, 0.6) is 0 Å². The summed E-state index contributed by atoms with van der Waals surface area (Å²) >= 11 is 0. The summed E-state index contributed by atoms with van der Waals surface area (Å²) in [5.74, 6) is 0. The van der Waals surface area contributed by atoms with Crippen molar-refractivity contribution < 1.29 is 5.11 Å². The van der Waals surface area contributed by atoms with Crippen LogP contribution < -0.4 is 5.32 Å². The molecule has 4 heteroatoms. The zero-order chi connectivity index (χ0) is 10.7. The van der Waals surface area contributed by atoms with Gasteiger partial charge in [0.15, 0.2) is 0 Å².